The van der Waals surface area contributed by atoms with Crippen LogP contribution in [0.1, 0.15) is 17.5 Å². The monoisotopic (exact) mass is 206 g/mol. The maximum absolute atomic E-state index is 8.62. The van der Waals surface area contributed by atoms with Crippen LogP contribution in [-0.2, 0) is 0 Å². The third-order valence-corrected chi connectivity index (χ3v) is 3.15. The molecule has 1 aromatic heterocycles. The molecule has 0 radical (unpaired) electrons. The Hall–Kier alpha value is -1.42. The van der Waals surface area contributed by atoms with Crippen LogP contribution in [0.4, 0.5) is 0 Å². The molecule has 0 saturated carbocycles. The van der Waals surface area contributed by atoms with Crippen LogP contribution in [0.3, 0.4) is 0 Å². The molecular formula is C10H10N2OS. The van der Waals surface area contributed by atoms with Crippen molar-refractivity contribution in [3.05, 3.63) is 28.8 Å². The zero-order valence-corrected chi connectivity index (χ0v) is 8.80. The largest absolute Gasteiger partial charge is 0.411 e. The molecule has 0 saturated heterocycles. The minimum Gasteiger partial charge on any atom is -0.411 e. The number of aryl methyl sites for hydroxylation is 1. The van der Waals surface area contributed by atoms with Crippen molar-refractivity contribution in [1.82, 2.24) is 4.98 Å². The summed E-state index contributed by atoms with van der Waals surface area (Å²) in [7, 11) is 0. The first kappa shape index (κ1) is 9.15. The quantitative estimate of drug-likeness (QED) is 0.443. The summed E-state index contributed by atoms with van der Waals surface area (Å²) in [5, 5.41) is 12.5. The summed E-state index contributed by atoms with van der Waals surface area (Å²) in [6.07, 6.45) is 0. The maximum atomic E-state index is 8.62. The van der Waals surface area contributed by atoms with Crippen molar-refractivity contribution in [3.63, 3.8) is 0 Å². The van der Waals surface area contributed by atoms with Crippen molar-refractivity contribution in [3.8, 4) is 0 Å². The molecule has 72 valence electrons. The van der Waals surface area contributed by atoms with Gasteiger partial charge in [0.25, 0.3) is 0 Å². The van der Waals surface area contributed by atoms with Gasteiger partial charge in [-0.25, -0.2) is 4.98 Å². The molecule has 2 rings (SSSR count). The maximum Gasteiger partial charge on any atom is 0.142 e. The average molecular weight is 206 g/mol. The molecule has 14 heavy (non-hydrogen) atoms. The van der Waals surface area contributed by atoms with E-state index < -0.39 is 0 Å². The van der Waals surface area contributed by atoms with Gasteiger partial charge in [-0.15, -0.1) is 11.3 Å². The Bertz CT molecular complexity index is 502. The van der Waals surface area contributed by atoms with Gasteiger partial charge in [-0.05, 0) is 31.5 Å². The highest BCUT2D eigenvalue weighted by Gasteiger charge is 2.06. The van der Waals surface area contributed by atoms with Gasteiger partial charge in [-0.2, -0.15) is 0 Å². The summed E-state index contributed by atoms with van der Waals surface area (Å²) in [6, 6.07) is 6.12. The van der Waals surface area contributed by atoms with Gasteiger partial charge in [0.05, 0.1) is 10.2 Å². The highest BCUT2D eigenvalue weighted by atomic mass is 32.1. The summed E-state index contributed by atoms with van der Waals surface area (Å²) in [5.74, 6) is 0. The number of fused-ring (bicyclic) bond motifs is 1. The molecule has 0 spiro atoms. The third-order valence-electron chi connectivity index (χ3n) is 2.00. The molecule has 1 heterocycles. The van der Waals surface area contributed by atoms with Crippen LogP contribution in [0, 0.1) is 6.92 Å². The van der Waals surface area contributed by atoms with E-state index in [1.165, 1.54) is 16.9 Å². The van der Waals surface area contributed by atoms with Crippen molar-refractivity contribution in [2.45, 2.75) is 13.8 Å². The summed E-state index contributed by atoms with van der Waals surface area (Å²) in [4.78, 5) is 4.37. The van der Waals surface area contributed by atoms with E-state index in [0.717, 1.165) is 15.2 Å². The van der Waals surface area contributed by atoms with Crippen LogP contribution < -0.4 is 0 Å². The Balaban J connectivity index is 2.62. The fraction of sp³-hybridized carbons (Fsp3) is 0.200. The lowest BCUT2D eigenvalue weighted by Crippen LogP contribution is -1.91. The number of aromatic nitrogens is 1. The Kier molecular flexibility index (Phi) is 2.21. The van der Waals surface area contributed by atoms with E-state index in [0.29, 0.717) is 5.71 Å². The molecule has 0 amide bonds. The minimum atomic E-state index is 0.559. The Morgan fingerprint density at radius 1 is 1.50 bits per heavy atom. The molecule has 0 fully saturated rings. The predicted octanol–water partition coefficient (Wildman–Crippen LogP) is 2.80. The van der Waals surface area contributed by atoms with Crippen molar-refractivity contribution in [2.24, 2.45) is 5.16 Å². The average Bonchev–Trinajstić information content (AvgIpc) is 2.59. The van der Waals surface area contributed by atoms with Gasteiger partial charge in [0, 0.05) is 0 Å². The lowest BCUT2D eigenvalue weighted by Gasteiger charge is -1.88. The summed E-state index contributed by atoms with van der Waals surface area (Å²) < 4.78 is 1.12. The highest BCUT2D eigenvalue weighted by Crippen LogP contribution is 2.23. The van der Waals surface area contributed by atoms with E-state index in [9.17, 15) is 0 Å². The molecule has 0 aliphatic heterocycles. The summed E-state index contributed by atoms with van der Waals surface area (Å²) in [6.45, 7) is 3.77. The summed E-state index contributed by atoms with van der Waals surface area (Å²) >= 11 is 1.54. The van der Waals surface area contributed by atoms with Crippen LogP contribution in [0.15, 0.2) is 23.4 Å². The second-order valence-corrected chi connectivity index (χ2v) is 4.21. The fourth-order valence-electron chi connectivity index (χ4n) is 1.23. The molecule has 0 aliphatic rings. The molecule has 0 unspecified atom stereocenters. The first-order valence-corrected chi connectivity index (χ1v) is 5.08. The number of rotatable bonds is 1. The highest BCUT2D eigenvalue weighted by molar-refractivity contribution is 7.20. The molecule has 3 nitrogen and oxygen atoms in total. The first-order valence-electron chi connectivity index (χ1n) is 4.27. The van der Waals surface area contributed by atoms with Crippen molar-refractivity contribution >= 4 is 27.3 Å². The Labute approximate surface area is 85.7 Å². The van der Waals surface area contributed by atoms with Gasteiger partial charge >= 0.3 is 0 Å². The van der Waals surface area contributed by atoms with Crippen LogP contribution in [0.2, 0.25) is 0 Å². The zero-order chi connectivity index (χ0) is 10.1. The Morgan fingerprint density at radius 3 is 3.00 bits per heavy atom. The molecule has 1 N–H and O–H groups in total. The van der Waals surface area contributed by atoms with Crippen LogP contribution >= 0.6 is 11.3 Å². The molecule has 0 atom stereocenters. The standard InChI is InChI=1S/C10H10N2OS/c1-6-3-4-9-8(5-6)11-10(14-9)7(2)12-13/h3-5,13H,1-2H3/b12-7+. The van der Waals surface area contributed by atoms with Gasteiger partial charge in [0.1, 0.15) is 10.7 Å². The second-order valence-electron chi connectivity index (χ2n) is 3.18. The van der Waals surface area contributed by atoms with Gasteiger partial charge < -0.3 is 5.21 Å². The van der Waals surface area contributed by atoms with Crippen molar-refractivity contribution < 1.29 is 5.21 Å². The van der Waals surface area contributed by atoms with E-state index in [2.05, 4.69) is 16.2 Å². The third kappa shape index (κ3) is 1.48. The van der Waals surface area contributed by atoms with E-state index in [-0.39, 0.29) is 0 Å². The normalized spacial score (nSPS) is 12.3. The SMILES string of the molecule is C/C(=N\O)c1nc2cc(C)ccc2s1. The number of benzene rings is 1. The fourth-order valence-corrected chi connectivity index (χ4v) is 2.12. The molecule has 0 bridgehead atoms. The molecule has 0 aliphatic carbocycles. The molecular weight excluding hydrogens is 196 g/mol. The van der Waals surface area contributed by atoms with Crippen molar-refractivity contribution in [2.75, 3.05) is 0 Å². The van der Waals surface area contributed by atoms with Crippen molar-refractivity contribution in [1.29, 1.82) is 0 Å². The number of nitrogens with zero attached hydrogens (tertiary/aromatic N) is 2. The van der Waals surface area contributed by atoms with E-state index in [4.69, 9.17) is 5.21 Å². The number of hydrogen-bond acceptors (Lipinski definition) is 4. The van der Waals surface area contributed by atoms with E-state index in [1.807, 2.05) is 19.1 Å². The minimum absolute atomic E-state index is 0.559. The molecule has 1 aromatic carbocycles. The molecule has 2 aromatic rings. The van der Waals surface area contributed by atoms with Crippen LogP contribution in [-0.4, -0.2) is 15.9 Å². The number of hydrogen-bond donors (Lipinski definition) is 1. The van der Waals surface area contributed by atoms with Crippen LogP contribution in [0.25, 0.3) is 10.2 Å². The smallest absolute Gasteiger partial charge is 0.142 e. The number of thiazole rings is 1. The topological polar surface area (TPSA) is 45.5 Å². The van der Waals surface area contributed by atoms with E-state index >= 15 is 0 Å². The zero-order valence-electron chi connectivity index (χ0n) is 7.98. The van der Waals surface area contributed by atoms with Gasteiger partial charge in [0.15, 0.2) is 0 Å². The van der Waals surface area contributed by atoms with Gasteiger partial charge in [-0.3, -0.25) is 0 Å². The molecule has 4 heteroatoms. The van der Waals surface area contributed by atoms with E-state index in [1.54, 1.807) is 6.92 Å². The summed E-state index contributed by atoms with van der Waals surface area (Å²) in [5.41, 5.74) is 2.71. The van der Waals surface area contributed by atoms with Gasteiger partial charge in [0.2, 0.25) is 0 Å². The lowest BCUT2D eigenvalue weighted by molar-refractivity contribution is 0.319. The Morgan fingerprint density at radius 2 is 2.29 bits per heavy atom. The second kappa shape index (κ2) is 3.38. The van der Waals surface area contributed by atoms with Crippen LogP contribution in [0.5, 0.6) is 0 Å². The predicted molar refractivity (Wildman–Crippen MR) is 58.4 cm³/mol. The number of oxime groups is 1. The lowest BCUT2D eigenvalue weighted by atomic mass is 10.2. The first-order chi connectivity index (χ1) is 6.70. The van der Waals surface area contributed by atoms with Gasteiger partial charge in [-0.1, -0.05) is 11.2 Å².